The summed E-state index contributed by atoms with van der Waals surface area (Å²) in [6.45, 7) is 2.17. The molecule has 2 aromatic rings. The average molecular weight is 298 g/mol. The normalized spacial score (nSPS) is 28.7. The third kappa shape index (κ3) is 2.68. The average Bonchev–Trinajstić information content (AvgIpc) is 2.87. The van der Waals surface area contributed by atoms with Gasteiger partial charge in [-0.3, -0.25) is 0 Å². The lowest BCUT2D eigenvalue weighted by Crippen LogP contribution is -2.43. The molecule has 0 aliphatic heterocycles. The lowest BCUT2D eigenvalue weighted by Gasteiger charge is -2.32. The monoisotopic (exact) mass is 298 g/mol. The van der Waals surface area contributed by atoms with E-state index in [1.165, 1.54) is 34.1 Å². The molecule has 1 atom stereocenters. The van der Waals surface area contributed by atoms with Crippen LogP contribution in [0.25, 0.3) is 10.9 Å². The summed E-state index contributed by atoms with van der Waals surface area (Å²) in [5.41, 5.74) is 5.60. The van der Waals surface area contributed by atoms with Gasteiger partial charge in [-0.05, 0) is 69.6 Å². The second kappa shape index (κ2) is 5.71. The Kier molecular flexibility index (Phi) is 3.71. The highest BCUT2D eigenvalue weighted by Crippen LogP contribution is 2.30. The van der Waals surface area contributed by atoms with E-state index in [2.05, 4.69) is 35.4 Å². The molecule has 1 saturated carbocycles. The van der Waals surface area contributed by atoms with Crippen molar-refractivity contribution in [3.63, 3.8) is 0 Å². The SMILES string of the molecule is Cc1ccc2[nH]c3c(c2c1)CC(NC1CCC(O)CC1)CC3. The fraction of sp³-hybridized carbons (Fsp3) is 0.579. The zero-order valence-corrected chi connectivity index (χ0v) is 13.4. The Morgan fingerprint density at radius 1 is 1.09 bits per heavy atom. The minimum atomic E-state index is -0.0624. The van der Waals surface area contributed by atoms with Crippen LogP contribution in [0.5, 0.6) is 0 Å². The fourth-order valence-electron chi connectivity index (χ4n) is 4.25. The Morgan fingerprint density at radius 3 is 2.73 bits per heavy atom. The predicted molar refractivity (Wildman–Crippen MR) is 90.2 cm³/mol. The molecule has 0 saturated heterocycles. The van der Waals surface area contributed by atoms with E-state index in [-0.39, 0.29) is 6.10 Å². The first-order chi connectivity index (χ1) is 10.7. The Balaban J connectivity index is 1.51. The van der Waals surface area contributed by atoms with E-state index in [0.29, 0.717) is 12.1 Å². The van der Waals surface area contributed by atoms with E-state index in [1.807, 2.05) is 0 Å². The van der Waals surface area contributed by atoms with Gasteiger partial charge >= 0.3 is 0 Å². The van der Waals surface area contributed by atoms with Gasteiger partial charge in [0.05, 0.1) is 6.10 Å². The number of aromatic nitrogens is 1. The number of rotatable bonds is 2. The molecule has 1 unspecified atom stereocenters. The van der Waals surface area contributed by atoms with Crippen molar-refractivity contribution in [2.24, 2.45) is 0 Å². The molecule has 0 amide bonds. The summed E-state index contributed by atoms with van der Waals surface area (Å²) in [6.07, 6.45) is 7.61. The van der Waals surface area contributed by atoms with Crippen LogP contribution in [0.15, 0.2) is 18.2 Å². The van der Waals surface area contributed by atoms with E-state index in [9.17, 15) is 5.11 Å². The standard InChI is InChI=1S/C19H26N2O/c1-12-2-8-18-16(10-12)17-11-14(5-9-19(17)21-18)20-13-3-6-15(22)7-4-13/h2,8,10,13-15,20-22H,3-7,9,11H2,1H3. The van der Waals surface area contributed by atoms with Gasteiger partial charge in [-0.25, -0.2) is 0 Å². The first-order valence-corrected chi connectivity index (χ1v) is 8.73. The summed E-state index contributed by atoms with van der Waals surface area (Å²) in [6, 6.07) is 7.92. The van der Waals surface area contributed by atoms with Crippen LogP contribution in [-0.2, 0) is 12.8 Å². The van der Waals surface area contributed by atoms with E-state index >= 15 is 0 Å². The molecule has 1 aromatic carbocycles. The molecular weight excluding hydrogens is 272 g/mol. The van der Waals surface area contributed by atoms with Crippen LogP contribution in [0.4, 0.5) is 0 Å². The highest BCUT2D eigenvalue weighted by Gasteiger charge is 2.26. The maximum Gasteiger partial charge on any atom is 0.0541 e. The molecule has 3 N–H and O–H groups in total. The molecule has 2 aliphatic carbocycles. The highest BCUT2D eigenvalue weighted by molar-refractivity contribution is 5.85. The molecule has 0 bridgehead atoms. The molecule has 3 nitrogen and oxygen atoms in total. The van der Waals surface area contributed by atoms with Crippen molar-refractivity contribution >= 4 is 10.9 Å². The van der Waals surface area contributed by atoms with Gasteiger partial charge in [-0.15, -0.1) is 0 Å². The van der Waals surface area contributed by atoms with Gasteiger partial charge in [0.2, 0.25) is 0 Å². The zero-order valence-electron chi connectivity index (χ0n) is 13.4. The summed E-state index contributed by atoms with van der Waals surface area (Å²) < 4.78 is 0. The maximum atomic E-state index is 9.65. The smallest absolute Gasteiger partial charge is 0.0541 e. The summed E-state index contributed by atoms with van der Waals surface area (Å²) in [7, 11) is 0. The number of H-pyrrole nitrogens is 1. The van der Waals surface area contributed by atoms with Gasteiger partial charge < -0.3 is 15.4 Å². The van der Waals surface area contributed by atoms with Crippen molar-refractivity contribution in [2.45, 2.75) is 70.1 Å². The van der Waals surface area contributed by atoms with Gasteiger partial charge in [-0.2, -0.15) is 0 Å². The molecule has 4 rings (SSSR count). The number of nitrogens with one attached hydrogen (secondary N) is 2. The third-order valence-corrected chi connectivity index (χ3v) is 5.51. The molecule has 1 fully saturated rings. The summed E-state index contributed by atoms with van der Waals surface area (Å²) in [5.74, 6) is 0. The first kappa shape index (κ1) is 14.3. The quantitative estimate of drug-likeness (QED) is 0.797. The molecule has 0 spiro atoms. The second-order valence-electron chi connectivity index (χ2n) is 7.24. The van der Waals surface area contributed by atoms with Crippen LogP contribution in [-0.4, -0.2) is 28.3 Å². The van der Waals surface area contributed by atoms with Gasteiger partial charge in [-0.1, -0.05) is 11.6 Å². The van der Waals surface area contributed by atoms with Crippen molar-refractivity contribution < 1.29 is 5.11 Å². The Morgan fingerprint density at radius 2 is 1.91 bits per heavy atom. The molecule has 3 heteroatoms. The molecule has 0 radical (unpaired) electrons. The number of fused-ring (bicyclic) bond motifs is 3. The molecule has 118 valence electrons. The minimum Gasteiger partial charge on any atom is -0.393 e. The van der Waals surface area contributed by atoms with E-state index in [1.54, 1.807) is 0 Å². The highest BCUT2D eigenvalue weighted by atomic mass is 16.3. The largest absolute Gasteiger partial charge is 0.393 e. The minimum absolute atomic E-state index is 0.0624. The number of benzene rings is 1. The lowest BCUT2D eigenvalue weighted by molar-refractivity contribution is 0.113. The molecular formula is C19H26N2O. The summed E-state index contributed by atoms with van der Waals surface area (Å²) in [5, 5.41) is 14.9. The molecule has 1 heterocycles. The summed E-state index contributed by atoms with van der Waals surface area (Å²) >= 11 is 0. The number of aliphatic hydroxyl groups excluding tert-OH is 1. The Labute approximate surface area is 132 Å². The van der Waals surface area contributed by atoms with Crippen LogP contribution >= 0.6 is 0 Å². The topological polar surface area (TPSA) is 48.0 Å². The second-order valence-corrected chi connectivity index (χ2v) is 7.24. The number of hydrogen-bond acceptors (Lipinski definition) is 2. The fourth-order valence-corrected chi connectivity index (χ4v) is 4.25. The van der Waals surface area contributed by atoms with Gasteiger partial charge in [0.1, 0.15) is 0 Å². The molecule has 2 aliphatic rings. The zero-order chi connectivity index (χ0) is 15.1. The molecule has 22 heavy (non-hydrogen) atoms. The Bertz CT molecular complexity index is 667. The van der Waals surface area contributed by atoms with Crippen molar-refractivity contribution in [3.8, 4) is 0 Å². The van der Waals surface area contributed by atoms with Crippen LogP contribution in [0, 0.1) is 6.92 Å². The van der Waals surface area contributed by atoms with Crippen molar-refractivity contribution in [3.05, 3.63) is 35.0 Å². The van der Waals surface area contributed by atoms with Crippen LogP contribution < -0.4 is 5.32 Å². The molecule has 1 aromatic heterocycles. The van der Waals surface area contributed by atoms with Crippen LogP contribution in [0.2, 0.25) is 0 Å². The first-order valence-electron chi connectivity index (χ1n) is 8.73. The van der Waals surface area contributed by atoms with Gasteiger partial charge in [0.15, 0.2) is 0 Å². The van der Waals surface area contributed by atoms with Crippen molar-refractivity contribution in [2.75, 3.05) is 0 Å². The van der Waals surface area contributed by atoms with Crippen LogP contribution in [0.3, 0.4) is 0 Å². The summed E-state index contributed by atoms with van der Waals surface area (Å²) in [4.78, 5) is 3.61. The lowest BCUT2D eigenvalue weighted by atomic mass is 9.88. The number of hydrogen-bond donors (Lipinski definition) is 3. The number of aryl methyl sites for hydroxylation is 2. The van der Waals surface area contributed by atoms with Gasteiger partial charge in [0, 0.05) is 28.7 Å². The number of aliphatic hydroxyl groups is 1. The van der Waals surface area contributed by atoms with Crippen LogP contribution in [0.1, 0.15) is 48.9 Å². The van der Waals surface area contributed by atoms with Gasteiger partial charge in [0.25, 0.3) is 0 Å². The van der Waals surface area contributed by atoms with E-state index in [0.717, 1.165) is 38.5 Å². The third-order valence-electron chi connectivity index (χ3n) is 5.51. The Hall–Kier alpha value is -1.32. The van der Waals surface area contributed by atoms with E-state index < -0.39 is 0 Å². The van der Waals surface area contributed by atoms with Crippen molar-refractivity contribution in [1.29, 1.82) is 0 Å². The predicted octanol–water partition coefficient (Wildman–Crippen LogP) is 3.23. The van der Waals surface area contributed by atoms with Crippen molar-refractivity contribution in [1.82, 2.24) is 10.3 Å². The van der Waals surface area contributed by atoms with E-state index in [4.69, 9.17) is 0 Å². The maximum absolute atomic E-state index is 9.65. The number of aromatic amines is 1.